The topological polar surface area (TPSA) is 80.0 Å². The van der Waals surface area contributed by atoms with Crippen molar-refractivity contribution in [3.8, 4) is 0 Å². The highest BCUT2D eigenvalue weighted by molar-refractivity contribution is 5.99. The van der Waals surface area contributed by atoms with Gasteiger partial charge in [0.2, 0.25) is 0 Å². The van der Waals surface area contributed by atoms with Gasteiger partial charge in [-0.2, -0.15) is 0 Å². The largest absolute Gasteiger partial charge is 0.464 e. The van der Waals surface area contributed by atoms with Crippen LogP contribution in [0.2, 0.25) is 0 Å². The zero-order chi connectivity index (χ0) is 17.2. The van der Waals surface area contributed by atoms with E-state index < -0.39 is 0 Å². The minimum Gasteiger partial charge on any atom is -0.464 e. The monoisotopic (exact) mass is 332 g/mol. The molecule has 6 nitrogen and oxygen atoms in total. The number of anilines is 1. The molecule has 25 heavy (non-hydrogen) atoms. The molecular formula is C19H16N4O2. The lowest BCUT2D eigenvalue weighted by Gasteiger charge is -2.08. The molecule has 124 valence electrons. The second kappa shape index (κ2) is 6.24. The Balaban J connectivity index is 1.53. The Kier molecular flexibility index (Phi) is 3.78. The molecule has 0 spiro atoms. The Morgan fingerprint density at radius 2 is 2.04 bits per heavy atom. The molecule has 0 radical (unpaired) electrons. The predicted molar refractivity (Wildman–Crippen MR) is 96.5 cm³/mol. The van der Waals surface area contributed by atoms with Crippen molar-refractivity contribution >= 4 is 33.6 Å². The summed E-state index contributed by atoms with van der Waals surface area (Å²) in [5.74, 6) is 0.592. The molecule has 2 aromatic carbocycles. The molecule has 0 atom stereocenters. The molecule has 0 fully saturated rings. The molecule has 2 heterocycles. The summed E-state index contributed by atoms with van der Waals surface area (Å²) in [4.78, 5) is 20.8. The van der Waals surface area contributed by atoms with Crippen LogP contribution in [0.5, 0.6) is 0 Å². The van der Waals surface area contributed by atoms with E-state index in [-0.39, 0.29) is 5.91 Å². The van der Waals surface area contributed by atoms with Crippen LogP contribution in [0.4, 0.5) is 5.82 Å². The van der Waals surface area contributed by atoms with Gasteiger partial charge in [-0.05, 0) is 35.9 Å². The minimum atomic E-state index is -0.147. The molecule has 0 aliphatic rings. The number of furan rings is 1. The molecule has 0 saturated carbocycles. The van der Waals surface area contributed by atoms with E-state index in [0.717, 1.165) is 33.3 Å². The number of aromatic nitrogens is 2. The summed E-state index contributed by atoms with van der Waals surface area (Å²) in [6.07, 6.45) is 3.14. The summed E-state index contributed by atoms with van der Waals surface area (Å²) >= 11 is 0. The lowest BCUT2D eigenvalue weighted by Crippen LogP contribution is -2.22. The first-order valence-corrected chi connectivity index (χ1v) is 7.91. The number of amides is 1. The second-order valence-corrected chi connectivity index (χ2v) is 5.68. The Labute approximate surface area is 143 Å². The van der Waals surface area contributed by atoms with E-state index in [0.29, 0.717) is 12.1 Å². The summed E-state index contributed by atoms with van der Waals surface area (Å²) in [5.41, 5.74) is 3.08. The van der Waals surface area contributed by atoms with Gasteiger partial charge in [0.15, 0.2) is 0 Å². The molecular weight excluding hydrogens is 316 g/mol. The zero-order valence-electron chi connectivity index (χ0n) is 13.6. The van der Waals surface area contributed by atoms with Crippen molar-refractivity contribution in [3.05, 3.63) is 66.2 Å². The third-order valence-corrected chi connectivity index (χ3v) is 4.11. The Bertz CT molecular complexity index is 1070. The van der Waals surface area contributed by atoms with Gasteiger partial charge in [0, 0.05) is 29.9 Å². The molecule has 0 unspecified atom stereocenters. The summed E-state index contributed by atoms with van der Waals surface area (Å²) in [6, 6.07) is 13.2. The van der Waals surface area contributed by atoms with Crippen LogP contribution in [0, 0.1) is 0 Å². The van der Waals surface area contributed by atoms with Crippen LogP contribution >= 0.6 is 0 Å². The van der Waals surface area contributed by atoms with Crippen molar-refractivity contribution in [3.63, 3.8) is 0 Å². The lowest BCUT2D eigenvalue weighted by molar-refractivity contribution is 0.0951. The van der Waals surface area contributed by atoms with Gasteiger partial charge in [0.1, 0.15) is 17.7 Å². The van der Waals surface area contributed by atoms with Crippen molar-refractivity contribution in [2.24, 2.45) is 0 Å². The fraction of sp³-hybridized carbons (Fsp3) is 0.105. The molecule has 2 N–H and O–H groups in total. The van der Waals surface area contributed by atoms with Gasteiger partial charge >= 0.3 is 0 Å². The van der Waals surface area contributed by atoms with Crippen LogP contribution in [0.25, 0.3) is 21.9 Å². The van der Waals surface area contributed by atoms with Crippen molar-refractivity contribution in [2.45, 2.75) is 6.54 Å². The number of rotatable bonds is 4. The zero-order valence-corrected chi connectivity index (χ0v) is 13.6. The molecule has 6 heteroatoms. The van der Waals surface area contributed by atoms with E-state index in [1.807, 2.05) is 30.3 Å². The molecule has 4 aromatic rings. The number of carbonyl (C=O) groups is 1. The highest BCUT2D eigenvalue weighted by Gasteiger charge is 2.09. The minimum absolute atomic E-state index is 0.147. The standard InChI is InChI=1S/C19H16N4O2/c1-20-18-15-5-4-14(9-16(15)22-11-23-18)19(24)21-10-12-2-3-13-6-7-25-17(13)8-12/h2-9,11H,10H2,1H3,(H,21,24)(H,20,22,23). The summed E-state index contributed by atoms with van der Waals surface area (Å²) < 4.78 is 5.39. The molecule has 1 amide bonds. The highest BCUT2D eigenvalue weighted by atomic mass is 16.3. The number of hydrogen-bond acceptors (Lipinski definition) is 5. The average molecular weight is 332 g/mol. The summed E-state index contributed by atoms with van der Waals surface area (Å²) in [6.45, 7) is 0.430. The van der Waals surface area contributed by atoms with Gasteiger partial charge in [-0.3, -0.25) is 4.79 Å². The Morgan fingerprint density at radius 1 is 1.12 bits per heavy atom. The molecule has 0 saturated heterocycles. The van der Waals surface area contributed by atoms with Crippen molar-refractivity contribution < 1.29 is 9.21 Å². The van der Waals surface area contributed by atoms with E-state index in [9.17, 15) is 4.79 Å². The number of nitrogens with one attached hydrogen (secondary N) is 2. The number of nitrogens with zero attached hydrogens (tertiary/aromatic N) is 2. The smallest absolute Gasteiger partial charge is 0.251 e. The highest BCUT2D eigenvalue weighted by Crippen LogP contribution is 2.20. The van der Waals surface area contributed by atoms with Crippen LogP contribution in [0.1, 0.15) is 15.9 Å². The molecule has 0 aliphatic heterocycles. The van der Waals surface area contributed by atoms with Gasteiger partial charge in [-0.25, -0.2) is 9.97 Å². The normalized spacial score (nSPS) is 10.9. The van der Waals surface area contributed by atoms with Gasteiger partial charge in [0.25, 0.3) is 5.91 Å². The van der Waals surface area contributed by atoms with E-state index in [1.54, 1.807) is 25.4 Å². The third-order valence-electron chi connectivity index (χ3n) is 4.11. The molecule has 2 aromatic heterocycles. The van der Waals surface area contributed by atoms with Crippen LogP contribution in [0.15, 0.2) is 59.5 Å². The lowest BCUT2D eigenvalue weighted by atomic mass is 10.1. The fourth-order valence-corrected chi connectivity index (χ4v) is 2.79. The number of carbonyl (C=O) groups excluding carboxylic acids is 1. The molecule has 0 bridgehead atoms. The van der Waals surface area contributed by atoms with Crippen LogP contribution in [-0.4, -0.2) is 22.9 Å². The third kappa shape index (κ3) is 2.89. The van der Waals surface area contributed by atoms with Gasteiger partial charge in [0.05, 0.1) is 11.8 Å². The average Bonchev–Trinajstić information content (AvgIpc) is 3.12. The second-order valence-electron chi connectivity index (χ2n) is 5.68. The number of fused-ring (bicyclic) bond motifs is 2. The van der Waals surface area contributed by atoms with E-state index >= 15 is 0 Å². The first kappa shape index (κ1) is 15.1. The van der Waals surface area contributed by atoms with Crippen LogP contribution in [-0.2, 0) is 6.54 Å². The maximum atomic E-state index is 12.4. The first-order valence-electron chi connectivity index (χ1n) is 7.91. The fourth-order valence-electron chi connectivity index (χ4n) is 2.79. The van der Waals surface area contributed by atoms with Crippen molar-refractivity contribution in [1.82, 2.24) is 15.3 Å². The molecule has 0 aliphatic carbocycles. The van der Waals surface area contributed by atoms with Gasteiger partial charge in [-0.15, -0.1) is 0 Å². The number of benzene rings is 2. The van der Waals surface area contributed by atoms with E-state index in [4.69, 9.17) is 4.42 Å². The van der Waals surface area contributed by atoms with Gasteiger partial charge in [-0.1, -0.05) is 12.1 Å². The van der Waals surface area contributed by atoms with Crippen LogP contribution in [0.3, 0.4) is 0 Å². The van der Waals surface area contributed by atoms with E-state index in [1.165, 1.54) is 6.33 Å². The SMILES string of the molecule is CNc1ncnc2cc(C(=O)NCc3ccc4ccoc4c3)ccc12. The Hall–Kier alpha value is -3.41. The van der Waals surface area contributed by atoms with Gasteiger partial charge < -0.3 is 15.1 Å². The molecule has 4 rings (SSSR count). The Morgan fingerprint density at radius 3 is 2.92 bits per heavy atom. The maximum absolute atomic E-state index is 12.4. The van der Waals surface area contributed by atoms with Crippen molar-refractivity contribution in [2.75, 3.05) is 12.4 Å². The quantitative estimate of drug-likeness (QED) is 0.599. The van der Waals surface area contributed by atoms with Crippen molar-refractivity contribution in [1.29, 1.82) is 0 Å². The van der Waals surface area contributed by atoms with E-state index in [2.05, 4.69) is 20.6 Å². The predicted octanol–water partition coefficient (Wildman–Crippen LogP) is 3.35. The first-order chi connectivity index (χ1) is 12.2. The number of hydrogen-bond donors (Lipinski definition) is 2. The maximum Gasteiger partial charge on any atom is 0.251 e. The summed E-state index contributed by atoms with van der Waals surface area (Å²) in [7, 11) is 1.80. The van der Waals surface area contributed by atoms with Crippen LogP contribution < -0.4 is 10.6 Å². The summed E-state index contributed by atoms with van der Waals surface area (Å²) in [5, 5.41) is 7.87.